The lowest BCUT2D eigenvalue weighted by Crippen LogP contribution is -2.49. The maximum Gasteiger partial charge on any atom is 0.334 e. The molecule has 3 N–H and O–H groups in total. The zero-order chi connectivity index (χ0) is 14.8. The summed E-state index contributed by atoms with van der Waals surface area (Å²) >= 11 is 0. The third kappa shape index (κ3) is 1.57. The lowest BCUT2D eigenvalue weighted by atomic mass is 9.67. The Balaban J connectivity index is 2.06. The molecule has 2 saturated carbocycles. The van der Waals surface area contributed by atoms with E-state index >= 15 is 0 Å². The highest BCUT2D eigenvalue weighted by Crippen LogP contribution is 2.56. The smallest absolute Gasteiger partial charge is 0.334 e. The zero-order valence-electron chi connectivity index (χ0n) is 11.8. The highest BCUT2D eigenvalue weighted by Gasteiger charge is 2.63. The van der Waals surface area contributed by atoms with Crippen molar-refractivity contribution in [1.29, 1.82) is 0 Å². The van der Waals surface area contributed by atoms with Crippen LogP contribution in [0.15, 0.2) is 12.2 Å². The van der Waals surface area contributed by atoms with Crippen LogP contribution in [0.3, 0.4) is 0 Å². The normalized spacial score (nSPS) is 55.1. The lowest BCUT2D eigenvalue weighted by Gasteiger charge is -2.41. The molecule has 0 bridgehead atoms. The molecule has 0 aromatic carbocycles. The van der Waals surface area contributed by atoms with E-state index in [0.29, 0.717) is 6.42 Å². The van der Waals surface area contributed by atoms with Gasteiger partial charge in [0.25, 0.3) is 0 Å². The van der Waals surface area contributed by atoms with Crippen LogP contribution in [0, 0.1) is 23.2 Å². The third-order valence-electron chi connectivity index (χ3n) is 5.83. The molecule has 3 aliphatic rings. The van der Waals surface area contributed by atoms with Crippen LogP contribution in [0.5, 0.6) is 0 Å². The summed E-state index contributed by atoms with van der Waals surface area (Å²) < 4.78 is 5.32. The molecular formula is C15H22O5. The van der Waals surface area contributed by atoms with E-state index in [1.165, 1.54) is 0 Å². The molecule has 5 heteroatoms. The van der Waals surface area contributed by atoms with E-state index < -0.39 is 41.7 Å². The van der Waals surface area contributed by atoms with Crippen molar-refractivity contribution in [3.8, 4) is 0 Å². The molecular weight excluding hydrogens is 260 g/mol. The number of esters is 1. The van der Waals surface area contributed by atoms with Crippen LogP contribution in [-0.4, -0.2) is 45.7 Å². The van der Waals surface area contributed by atoms with Gasteiger partial charge in [-0.25, -0.2) is 4.79 Å². The summed E-state index contributed by atoms with van der Waals surface area (Å²) in [6.07, 6.45) is -1.92. The molecule has 3 rings (SSSR count). The molecule has 0 spiro atoms. The summed E-state index contributed by atoms with van der Waals surface area (Å²) in [5.74, 6) is -1.10. The van der Waals surface area contributed by atoms with Gasteiger partial charge >= 0.3 is 5.97 Å². The molecule has 0 radical (unpaired) electrons. The zero-order valence-corrected chi connectivity index (χ0v) is 11.8. The van der Waals surface area contributed by atoms with E-state index in [0.717, 1.165) is 0 Å². The van der Waals surface area contributed by atoms with Crippen LogP contribution in [0.1, 0.15) is 26.7 Å². The number of aliphatic hydroxyl groups excluding tert-OH is 3. The minimum Gasteiger partial charge on any atom is -0.458 e. The largest absolute Gasteiger partial charge is 0.458 e. The van der Waals surface area contributed by atoms with E-state index in [1.54, 1.807) is 6.92 Å². The molecule has 0 amide bonds. The Morgan fingerprint density at radius 2 is 1.95 bits per heavy atom. The van der Waals surface area contributed by atoms with Crippen molar-refractivity contribution in [3.05, 3.63) is 12.2 Å². The number of carbonyl (C=O) groups is 1. The second kappa shape index (κ2) is 4.29. The Labute approximate surface area is 118 Å². The predicted molar refractivity (Wildman–Crippen MR) is 70.5 cm³/mol. The molecule has 0 aromatic heterocycles. The van der Waals surface area contributed by atoms with Crippen molar-refractivity contribution in [1.82, 2.24) is 0 Å². The van der Waals surface area contributed by atoms with Gasteiger partial charge in [-0.2, -0.15) is 0 Å². The Hall–Kier alpha value is -0.910. The van der Waals surface area contributed by atoms with Crippen LogP contribution in [-0.2, 0) is 9.53 Å². The van der Waals surface area contributed by atoms with Crippen molar-refractivity contribution in [2.45, 2.75) is 51.1 Å². The highest BCUT2D eigenvalue weighted by molar-refractivity contribution is 5.91. The summed E-state index contributed by atoms with van der Waals surface area (Å²) in [6.45, 7) is 7.53. The molecule has 3 fully saturated rings. The first-order valence-corrected chi connectivity index (χ1v) is 7.22. The molecule has 1 heterocycles. The maximum atomic E-state index is 11.7. The van der Waals surface area contributed by atoms with E-state index in [4.69, 9.17) is 4.74 Å². The second-order valence-electron chi connectivity index (χ2n) is 6.86. The monoisotopic (exact) mass is 282 g/mol. The standard InChI is InChI=1S/C15H22O5/c1-6-4-9-11(7(2)14(19)20-9)13(18)15(3)10(17)5-8(16)12(6)15/h6,8-13,16-18H,2,4-5H2,1,3H3/t6-,8+,9+,10-,11+,12-,13+,15-/m1/s1. The van der Waals surface area contributed by atoms with Crippen molar-refractivity contribution < 1.29 is 24.9 Å². The van der Waals surface area contributed by atoms with Crippen molar-refractivity contribution >= 4 is 5.97 Å². The number of hydrogen-bond acceptors (Lipinski definition) is 5. The SMILES string of the molecule is C=C1C(=O)O[C@H]2C[C@@H](C)[C@@H]3[C@@H](O)C[C@@H](O)[C@@]3(C)[C@@H](O)[C@@H]12. The number of rotatable bonds is 0. The van der Waals surface area contributed by atoms with Gasteiger partial charge in [-0.3, -0.25) is 0 Å². The highest BCUT2D eigenvalue weighted by atomic mass is 16.6. The molecule has 5 nitrogen and oxygen atoms in total. The Morgan fingerprint density at radius 3 is 2.60 bits per heavy atom. The van der Waals surface area contributed by atoms with Crippen molar-refractivity contribution in [2.24, 2.45) is 23.2 Å². The quantitative estimate of drug-likeness (QED) is 0.437. The second-order valence-corrected chi connectivity index (χ2v) is 6.86. The molecule has 1 aliphatic heterocycles. The number of hydrogen-bond donors (Lipinski definition) is 3. The summed E-state index contributed by atoms with van der Waals surface area (Å²) in [6, 6.07) is 0. The fraction of sp³-hybridized carbons (Fsp3) is 0.800. The fourth-order valence-corrected chi connectivity index (χ4v) is 4.79. The summed E-state index contributed by atoms with van der Waals surface area (Å²) in [7, 11) is 0. The van der Waals surface area contributed by atoms with Crippen LogP contribution in [0.25, 0.3) is 0 Å². The van der Waals surface area contributed by atoms with E-state index in [2.05, 4.69) is 6.58 Å². The molecule has 0 aromatic rings. The average molecular weight is 282 g/mol. The molecule has 8 atom stereocenters. The van der Waals surface area contributed by atoms with E-state index in [9.17, 15) is 20.1 Å². The number of fused-ring (bicyclic) bond motifs is 2. The van der Waals surface area contributed by atoms with Gasteiger partial charge in [-0.15, -0.1) is 0 Å². The van der Waals surface area contributed by atoms with E-state index in [1.807, 2.05) is 6.92 Å². The minimum absolute atomic E-state index is 0.0514. The van der Waals surface area contributed by atoms with Gasteiger partial charge in [-0.05, 0) is 18.3 Å². The Bertz CT molecular complexity index is 461. The van der Waals surface area contributed by atoms with Crippen molar-refractivity contribution in [2.75, 3.05) is 0 Å². The first kappa shape index (κ1) is 14.0. The predicted octanol–water partition coefficient (Wildman–Crippen LogP) is 0.233. The number of ether oxygens (including phenoxy) is 1. The van der Waals surface area contributed by atoms with E-state index in [-0.39, 0.29) is 23.8 Å². The van der Waals surface area contributed by atoms with Crippen LogP contribution < -0.4 is 0 Å². The maximum absolute atomic E-state index is 11.7. The van der Waals surface area contributed by atoms with Crippen LogP contribution in [0.4, 0.5) is 0 Å². The van der Waals surface area contributed by atoms with Crippen LogP contribution in [0.2, 0.25) is 0 Å². The number of carbonyl (C=O) groups excluding carboxylic acids is 1. The first-order chi connectivity index (χ1) is 9.28. The lowest BCUT2D eigenvalue weighted by molar-refractivity contribution is -0.140. The molecule has 1 saturated heterocycles. The summed E-state index contributed by atoms with van der Waals surface area (Å²) in [5, 5.41) is 31.4. The number of aliphatic hydroxyl groups is 3. The molecule has 2 aliphatic carbocycles. The van der Waals surface area contributed by atoms with Gasteiger partial charge in [0, 0.05) is 17.4 Å². The molecule has 112 valence electrons. The minimum atomic E-state index is -0.937. The average Bonchev–Trinajstić information content (AvgIpc) is 2.72. The summed E-state index contributed by atoms with van der Waals surface area (Å²) in [4.78, 5) is 11.7. The van der Waals surface area contributed by atoms with Gasteiger partial charge in [0.2, 0.25) is 0 Å². The third-order valence-corrected chi connectivity index (χ3v) is 5.83. The van der Waals surface area contributed by atoms with Crippen LogP contribution >= 0.6 is 0 Å². The van der Waals surface area contributed by atoms with Gasteiger partial charge in [0.15, 0.2) is 0 Å². The molecule has 20 heavy (non-hydrogen) atoms. The van der Waals surface area contributed by atoms with Crippen molar-refractivity contribution in [3.63, 3.8) is 0 Å². The molecule has 0 unspecified atom stereocenters. The Kier molecular flexibility index (Phi) is 3.01. The summed E-state index contributed by atoms with van der Waals surface area (Å²) in [5.41, 5.74) is -0.556. The van der Waals surface area contributed by atoms with Gasteiger partial charge in [0.1, 0.15) is 6.10 Å². The Morgan fingerprint density at radius 1 is 1.30 bits per heavy atom. The van der Waals surface area contributed by atoms with Gasteiger partial charge in [-0.1, -0.05) is 20.4 Å². The van der Waals surface area contributed by atoms with Gasteiger partial charge in [0.05, 0.1) is 24.2 Å². The first-order valence-electron chi connectivity index (χ1n) is 7.22. The topological polar surface area (TPSA) is 87.0 Å². The fourth-order valence-electron chi connectivity index (χ4n) is 4.79. The van der Waals surface area contributed by atoms with Gasteiger partial charge < -0.3 is 20.1 Å².